The number of isocyanates is 2. The average Bonchev–Trinajstić information content (AvgIpc) is 2.51. The molecular weight excluding hydrogens is 335 g/mol. The molecule has 0 unspecified atom stereocenters. The summed E-state index contributed by atoms with van der Waals surface area (Å²) in [6.45, 7) is 4.02. The standard InChI is InChI=1S/C17H12Cl2N2O2/c1-17(2,11-3-5-15(20-9-22)13(18)7-11)12-4-6-16(21-10-23)14(19)8-12/h3-8H,1-2H3. The van der Waals surface area contributed by atoms with Gasteiger partial charge in [0.05, 0.1) is 21.4 Å². The fraction of sp³-hybridized carbons (Fsp3) is 0.176. The van der Waals surface area contributed by atoms with Crippen molar-refractivity contribution < 1.29 is 9.59 Å². The zero-order valence-corrected chi connectivity index (χ0v) is 13.9. The highest BCUT2D eigenvalue weighted by Crippen LogP contribution is 2.38. The second kappa shape index (κ2) is 6.91. The average molecular weight is 347 g/mol. The van der Waals surface area contributed by atoms with Gasteiger partial charge in [0.1, 0.15) is 0 Å². The molecule has 0 heterocycles. The van der Waals surface area contributed by atoms with Crippen molar-refractivity contribution in [3.63, 3.8) is 0 Å². The first-order valence-electron chi connectivity index (χ1n) is 6.66. The molecular formula is C17H12Cl2N2O2. The molecule has 23 heavy (non-hydrogen) atoms. The van der Waals surface area contributed by atoms with E-state index in [0.29, 0.717) is 21.4 Å². The van der Waals surface area contributed by atoms with Crippen molar-refractivity contribution in [1.29, 1.82) is 0 Å². The number of hydrogen-bond donors (Lipinski definition) is 0. The molecule has 0 N–H and O–H groups in total. The zero-order valence-electron chi connectivity index (χ0n) is 12.4. The molecule has 0 aromatic heterocycles. The smallest absolute Gasteiger partial charge is 0.211 e. The monoisotopic (exact) mass is 346 g/mol. The molecule has 0 saturated heterocycles. The summed E-state index contributed by atoms with van der Waals surface area (Å²) in [4.78, 5) is 27.8. The van der Waals surface area contributed by atoms with E-state index in [-0.39, 0.29) is 0 Å². The Kier molecular flexibility index (Phi) is 5.15. The van der Waals surface area contributed by atoms with Gasteiger partial charge < -0.3 is 0 Å². The number of hydrogen-bond acceptors (Lipinski definition) is 4. The van der Waals surface area contributed by atoms with E-state index in [1.54, 1.807) is 24.3 Å². The van der Waals surface area contributed by atoms with E-state index in [2.05, 4.69) is 9.98 Å². The third kappa shape index (κ3) is 3.58. The van der Waals surface area contributed by atoms with Gasteiger partial charge in [-0.25, -0.2) is 9.59 Å². The van der Waals surface area contributed by atoms with Crippen molar-refractivity contribution in [1.82, 2.24) is 0 Å². The summed E-state index contributed by atoms with van der Waals surface area (Å²) in [5.41, 5.74) is 2.19. The predicted octanol–water partition coefficient (Wildman–Crippen LogP) is 5.25. The van der Waals surface area contributed by atoms with E-state index in [4.69, 9.17) is 23.2 Å². The molecule has 0 bridgehead atoms. The van der Waals surface area contributed by atoms with Crippen LogP contribution in [0.5, 0.6) is 0 Å². The van der Waals surface area contributed by atoms with Gasteiger partial charge in [-0.15, -0.1) is 0 Å². The van der Waals surface area contributed by atoms with E-state index in [1.807, 2.05) is 26.0 Å². The van der Waals surface area contributed by atoms with Crippen molar-refractivity contribution in [3.8, 4) is 0 Å². The molecule has 0 aliphatic rings. The molecule has 0 atom stereocenters. The van der Waals surface area contributed by atoms with Crippen molar-refractivity contribution >= 4 is 46.7 Å². The van der Waals surface area contributed by atoms with Crippen LogP contribution in [0.15, 0.2) is 46.4 Å². The maximum atomic E-state index is 10.4. The molecule has 2 rings (SSSR count). The molecule has 116 valence electrons. The number of carbonyl (C=O) groups excluding carboxylic acids is 2. The summed E-state index contributed by atoms with van der Waals surface area (Å²) in [7, 11) is 0. The van der Waals surface area contributed by atoms with Crippen LogP contribution >= 0.6 is 23.2 Å². The summed E-state index contributed by atoms with van der Waals surface area (Å²) in [5, 5.41) is 0.736. The number of nitrogens with zero attached hydrogens (tertiary/aromatic N) is 2. The third-order valence-corrected chi connectivity index (χ3v) is 4.28. The number of aliphatic imine (C=N–C) groups is 2. The van der Waals surface area contributed by atoms with Crippen LogP contribution in [0.4, 0.5) is 11.4 Å². The van der Waals surface area contributed by atoms with Gasteiger partial charge in [0.15, 0.2) is 0 Å². The first-order chi connectivity index (χ1) is 10.9. The van der Waals surface area contributed by atoms with Crippen molar-refractivity contribution in [2.75, 3.05) is 0 Å². The minimum absolute atomic E-state index is 0.368. The summed E-state index contributed by atoms with van der Waals surface area (Å²) in [6.07, 6.45) is 2.94. The third-order valence-electron chi connectivity index (χ3n) is 3.67. The SMILES string of the molecule is CC(C)(c1ccc(N=C=O)c(Cl)c1)c1ccc(N=C=O)c(Cl)c1. The normalized spacial score (nSPS) is 10.6. The molecule has 0 fully saturated rings. The van der Waals surface area contributed by atoms with Gasteiger partial charge in [0.25, 0.3) is 0 Å². The molecule has 4 nitrogen and oxygen atoms in total. The molecule has 2 aromatic carbocycles. The topological polar surface area (TPSA) is 58.9 Å². The highest BCUT2D eigenvalue weighted by Gasteiger charge is 2.24. The number of rotatable bonds is 4. The molecule has 6 heteroatoms. The lowest BCUT2D eigenvalue weighted by molar-refractivity contribution is 0.564. The maximum Gasteiger partial charge on any atom is 0.240 e. The maximum absolute atomic E-state index is 10.4. The van der Waals surface area contributed by atoms with Crippen LogP contribution in [-0.2, 0) is 15.0 Å². The van der Waals surface area contributed by atoms with Crippen molar-refractivity contribution in [2.24, 2.45) is 9.98 Å². The number of halogens is 2. The van der Waals surface area contributed by atoms with E-state index in [0.717, 1.165) is 11.1 Å². The van der Waals surface area contributed by atoms with Gasteiger partial charge in [0.2, 0.25) is 12.2 Å². The molecule has 0 radical (unpaired) electrons. The second-order valence-electron chi connectivity index (χ2n) is 5.36. The quantitative estimate of drug-likeness (QED) is 0.560. The van der Waals surface area contributed by atoms with Gasteiger partial charge in [-0.2, -0.15) is 9.98 Å². The van der Waals surface area contributed by atoms with Crippen LogP contribution in [0.3, 0.4) is 0 Å². The first kappa shape index (κ1) is 17.1. The fourth-order valence-corrected chi connectivity index (χ4v) is 2.68. The fourth-order valence-electron chi connectivity index (χ4n) is 2.24. The van der Waals surface area contributed by atoms with Gasteiger partial charge in [-0.05, 0) is 35.4 Å². The zero-order chi connectivity index (χ0) is 17.0. The molecule has 0 spiro atoms. The highest BCUT2D eigenvalue weighted by molar-refractivity contribution is 6.33. The summed E-state index contributed by atoms with van der Waals surface area (Å²) >= 11 is 12.3. The molecule has 0 saturated carbocycles. The van der Waals surface area contributed by atoms with E-state index < -0.39 is 5.41 Å². The lowest BCUT2D eigenvalue weighted by Crippen LogP contribution is -2.18. The minimum Gasteiger partial charge on any atom is -0.211 e. The Balaban J connectivity index is 2.49. The predicted molar refractivity (Wildman–Crippen MR) is 90.6 cm³/mol. The van der Waals surface area contributed by atoms with Crippen LogP contribution in [0.1, 0.15) is 25.0 Å². The minimum atomic E-state index is -0.403. The second-order valence-corrected chi connectivity index (χ2v) is 6.18. The van der Waals surface area contributed by atoms with E-state index in [1.165, 1.54) is 12.2 Å². The van der Waals surface area contributed by atoms with Crippen LogP contribution in [0.2, 0.25) is 10.0 Å². The lowest BCUT2D eigenvalue weighted by Gasteiger charge is -2.27. The van der Waals surface area contributed by atoms with Crippen LogP contribution < -0.4 is 0 Å². The summed E-state index contributed by atoms with van der Waals surface area (Å²) in [5.74, 6) is 0. The summed E-state index contributed by atoms with van der Waals surface area (Å²) in [6, 6.07) is 10.5. The Morgan fingerprint density at radius 2 is 1.22 bits per heavy atom. The van der Waals surface area contributed by atoms with Crippen LogP contribution in [0.25, 0.3) is 0 Å². The Morgan fingerprint density at radius 3 is 1.52 bits per heavy atom. The Hall–Kier alpha value is -2.22. The molecule has 0 amide bonds. The van der Waals surface area contributed by atoms with E-state index in [9.17, 15) is 9.59 Å². The van der Waals surface area contributed by atoms with Crippen LogP contribution in [0, 0.1) is 0 Å². The Morgan fingerprint density at radius 1 is 0.826 bits per heavy atom. The largest absolute Gasteiger partial charge is 0.240 e. The highest BCUT2D eigenvalue weighted by atomic mass is 35.5. The Bertz CT molecular complexity index is 780. The molecule has 2 aromatic rings. The lowest BCUT2D eigenvalue weighted by atomic mass is 9.78. The first-order valence-corrected chi connectivity index (χ1v) is 7.41. The van der Waals surface area contributed by atoms with Crippen molar-refractivity contribution in [3.05, 3.63) is 57.6 Å². The van der Waals surface area contributed by atoms with Crippen molar-refractivity contribution in [2.45, 2.75) is 19.3 Å². The van der Waals surface area contributed by atoms with Gasteiger partial charge >= 0.3 is 0 Å². The van der Waals surface area contributed by atoms with Gasteiger partial charge in [-0.3, -0.25) is 0 Å². The van der Waals surface area contributed by atoms with Gasteiger partial charge in [0, 0.05) is 5.41 Å². The number of benzene rings is 2. The van der Waals surface area contributed by atoms with E-state index >= 15 is 0 Å². The molecule has 0 aliphatic carbocycles. The Labute approximate surface area is 143 Å². The summed E-state index contributed by atoms with van der Waals surface area (Å²) < 4.78 is 0. The molecule has 0 aliphatic heterocycles. The van der Waals surface area contributed by atoms with Gasteiger partial charge in [-0.1, -0.05) is 49.2 Å². The van der Waals surface area contributed by atoms with Crippen LogP contribution in [-0.4, -0.2) is 12.2 Å².